The van der Waals surface area contributed by atoms with Crippen LogP contribution in [-0.2, 0) is 4.74 Å². The Labute approximate surface area is 173 Å². The zero-order chi connectivity index (χ0) is 22.1. The molecule has 1 aromatic carbocycles. The van der Waals surface area contributed by atoms with Gasteiger partial charge in [-0.2, -0.15) is 5.10 Å². The Morgan fingerprint density at radius 3 is 2.87 bits per heavy atom. The van der Waals surface area contributed by atoms with Gasteiger partial charge in [-0.25, -0.2) is 20.4 Å². The zero-order valence-electron chi connectivity index (χ0n) is 15.8. The summed E-state index contributed by atoms with van der Waals surface area (Å²) >= 11 is 0. The van der Waals surface area contributed by atoms with E-state index in [2.05, 4.69) is 25.5 Å². The summed E-state index contributed by atoms with van der Waals surface area (Å²) in [5.41, 5.74) is 9.30. The molecule has 1 fully saturated rings. The Balaban J connectivity index is 1.69. The van der Waals surface area contributed by atoms with Gasteiger partial charge in [0, 0.05) is 17.7 Å². The van der Waals surface area contributed by atoms with Crippen LogP contribution in [0, 0.1) is 10.1 Å². The number of ether oxygens (including phenoxy) is 1. The SMILES string of the molecule is Nc1ncnc2c1nc(NN=Cc1cccc([N+](=O)[O-])c1)n2C1OC(CO)C(O)C1O. The molecule has 31 heavy (non-hydrogen) atoms. The molecule has 4 rings (SSSR count). The summed E-state index contributed by atoms with van der Waals surface area (Å²) in [4.78, 5) is 22.7. The van der Waals surface area contributed by atoms with Gasteiger partial charge in [0.1, 0.15) is 24.6 Å². The molecule has 0 saturated carbocycles. The number of aliphatic hydroxyl groups excluding tert-OH is 3. The molecule has 1 saturated heterocycles. The number of aliphatic hydroxyl groups is 3. The number of hydrogen-bond acceptors (Lipinski definition) is 12. The van der Waals surface area contributed by atoms with E-state index in [1.807, 2.05) is 0 Å². The van der Waals surface area contributed by atoms with Crippen molar-refractivity contribution < 1.29 is 25.0 Å². The quantitative estimate of drug-likeness (QED) is 0.189. The Morgan fingerprint density at radius 2 is 2.16 bits per heavy atom. The van der Waals surface area contributed by atoms with Gasteiger partial charge in [0.2, 0.25) is 5.95 Å². The molecule has 0 amide bonds. The fourth-order valence-electron chi connectivity index (χ4n) is 3.22. The van der Waals surface area contributed by atoms with E-state index in [4.69, 9.17) is 10.5 Å². The van der Waals surface area contributed by atoms with Crippen molar-refractivity contribution in [3.05, 3.63) is 46.3 Å². The molecular formula is C17H18N8O6. The van der Waals surface area contributed by atoms with Gasteiger partial charge in [-0.05, 0) is 0 Å². The first kappa shape index (κ1) is 20.5. The lowest BCUT2D eigenvalue weighted by Gasteiger charge is -2.18. The summed E-state index contributed by atoms with van der Waals surface area (Å²) in [5.74, 6) is 0.125. The second-order valence-corrected chi connectivity index (χ2v) is 6.69. The van der Waals surface area contributed by atoms with Crippen molar-refractivity contribution in [1.29, 1.82) is 0 Å². The number of hydrogen-bond donors (Lipinski definition) is 5. The third-order valence-corrected chi connectivity index (χ3v) is 4.74. The standard InChI is InChI=1S/C17H18N8O6/c18-14-11-15(20-7-19-14)24(16-13(28)12(27)10(6-26)31-16)17(22-11)23-21-5-8-2-1-3-9(4-8)25(29)30/h1-5,7,10,12-13,16,26-28H,6H2,(H,22,23)(H2,18,19,20). The van der Waals surface area contributed by atoms with E-state index in [1.54, 1.807) is 6.07 Å². The van der Waals surface area contributed by atoms with Crippen LogP contribution in [0.25, 0.3) is 11.2 Å². The molecule has 14 nitrogen and oxygen atoms in total. The average Bonchev–Trinajstić information content (AvgIpc) is 3.26. The maximum Gasteiger partial charge on any atom is 0.270 e. The fraction of sp³-hybridized carbons (Fsp3) is 0.294. The first-order valence-corrected chi connectivity index (χ1v) is 9.05. The first-order chi connectivity index (χ1) is 14.9. The number of rotatable bonds is 6. The van der Waals surface area contributed by atoms with E-state index in [0.29, 0.717) is 5.56 Å². The minimum Gasteiger partial charge on any atom is -0.394 e. The monoisotopic (exact) mass is 430 g/mol. The van der Waals surface area contributed by atoms with Gasteiger partial charge in [-0.1, -0.05) is 12.1 Å². The smallest absolute Gasteiger partial charge is 0.270 e. The number of non-ortho nitro benzene ring substituents is 1. The van der Waals surface area contributed by atoms with Crippen molar-refractivity contribution in [1.82, 2.24) is 19.5 Å². The van der Waals surface area contributed by atoms with E-state index in [0.717, 1.165) is 0 Å². The predicted octanol–water partition coefficient (Wildman–Crippen LogP) is -0.626. The molecule has 4 atom stereocenters. The molecule has 4 unspecified atom stereocenters. The Bertz CT molecular complexity index is 1150. The summed E-state index contributed by atoms with van der Waals surface area (Å²) in [5, 5.41) is 44.9. The van der Waals surface area contributed by atoms with Crippen LogP contribution >= 0.6 is 0 Å². The zero-order valence-corrected chi connectivity index (χ0v) is 15.8. The highest BCUT2D eigenvalue weighted by Crippen LogP contribution is 2.35. The van der Waals surface area contributed by atoms with Crippen molar-refractivity contribution in [3.63, 3.8) is 0 Å². The number of nitrogens with two attached hydrogens (primary N) is 1. The van der Waals surface area contributed by atoms with Gasteiger partial charge in [-0.15, -0.1) is 0 Å². The summed E-state index contributed by atoms with van der Waals surface area (Å²) < 4.78 is 6.91. The number of imidazole rings is 1. The largest absolute Gasteiger partial charge is 0.394 e. The molecule has 0 aliphatic carbocycles. The molecule has 0 bridgehead atoms. The van der Waals surface area contributed by atoms with Crippen molar-refractivity contribution >= 4 is 34.8 Å². The summed E-state index contributed by atoms with van der Waals surface area (Å²) in [6.07, 6.45) is -2.37. The molecule has 1 aliphatic heterocycles. The number of fused-ring (bicyclic) bond motifs is 1. The van der Waals surface area contributed by atoms with Gasteiger partial charge in [0.25, 0.3) is 5.69 Å². The van der Waals surface area contributed by atoms with Gasteiger partial charge >= 0.3 is 0 Å². The van der Waals surface area contributed by atoms with Crippen molar-refractivity contribution in [2.75, 3.05) is 17.8 Å². The van der Waals surface area contributed by atoms with Crippen LogP contribution in [0.15, 0.2) is 35.7 Å². The van der Waals surface area contributed by atoms with Gasteiger partial charge in [-0.3, -0.25) is 14.7 Å². The third-order valence-electron chi connectivity index (χ3n) is 4.74. The van der Waals surface area contributed by atoms with E-state index >= 15 is 0 Å². The minimum absolute atomic E-state index is 0.0544. The van der Waals surface area contributed by atoms with Gasteiger partial charge in [0.15, 0.2) is 23.2 Å². The predicted molar refractivity (Wildman–Crippen MR) is 107 cm³/mol. The summed E-state index contributed by atoms with van der Waals surface area (Å²) in [7, 11) is 0. The minimum atomic E-state index is -1.40. The Kier molecular flexibility index (Phi) is 5.43. The number of hydrazone groups is 1. The van der Waals surface area contributed by atoms with E-state index in [9.17, 15) is 25.4 Å². The molecule has 0 radical (unpaired) electrons. The number of nitrogen functional groups attached to an aromatic ring is 1. The second-order valence-electron chi connectivity index (χ2n) is 6.69. The summed E-state index contributed by atoms with van der Waals surface area (Å²) in [6.45, 7) is -0.508. The van der Waals surface area contributed by atoms with Crippen molar-refractivity contribution in [2.24, 2.45) is 5.10 Å². The van der Waals surface area contributed by atoms with E-state index in [1.165, 1.54) is 35.3 Å². The van der Waals surface area contributed by atoms with Crippen LogP contribution in [0.5, 0.6) is 0 Å². The van der Waals surface area contributed by atoms with E-state index in [-0.39, 0.29) is 28.6 Å². The fourth-order valence-corrected chi connectivity index (χ4v) is 3.22. The average molecular weight is 430 g/mol. The normalized spacial score (nSPS) is 23.6. The summed E-state index contributed by atoms with van der Waals surface area (Å²) in [6, 6.07) is 5.83. The highest BCUT2D eigenvalue weighted by molar-refractivity contribution is 5.85. The molecule has 2 aromatic heterocycles. The van der Waals surface area contributed by atoms with Crippen LogP contribution in [0.2, 0.25) is 0 Å². The van der Waals surface area contributed by atoms with Crippen LogP contribution in [-0.4, -0.2) is 70.9 Å². The third kappa shape index (κ3) is 3.75. The number of nitro benzene ring substituents is 1. The lowest BCUT2D eigenvalue weighted by atomic mass is 10.1. The number of aromatic nitrogens is 4. The van der Waals surface area contributed by atoms with Gasteiger partial charge < -0.3 is 25.8 Å². The molecule has 6 N–H and O–H groups in total. The van der Waals surface area contributed by atoms with Crippen LogP contribution in [0.3, 0.4) is 0 Å². The van der Waals surface area contributed by atoms with Crippen molar-refractivity contribution in [2.45, 2.75) is 24.5 Å². The van der Waals surface area contributed by atoms with Gasteiger partial charge in [0.05, 0.1) is 17.7 Å². The number of benzene rings is 1. The highest BCUT2D eigenvalue weighted by Gasteiger charge is 2.45. The lowest BCUT2D eigenvalue weighted by molar-refractivity contribution is -0.384. The van der Waals surface area contributed by atoms with E-state index < -0.39 is 36.1 Å². The number of anilines is 2. The topological polar surface area (TPSA) is 207 Å². The molecule has 162 valence electrons. The molecular weight excluding hydrogens is 412 g/mol. The Hall–Kier alpha value is -3.72. The number of nitro groups is 1. The van der Waals surface area contributed by atoms with Crippen LogP contribution in [0.4, 0.5) is 17.5 Å². The Morgan fingerprint density at radius 1 is 1.35 bits per heavy atom. The number of nitrogens with zero attached hydrogens (tertiary/aromatic N) is 6. The molecule has 3 heterocycles. The number of nitrogens with one attached hydrogen (secondary N) is 1. The maximum atomic E-state index is 10.9. The lowest BCUT2D eigenvalue weighted by Crippen LogP contribution is -2.33. The molecule has 1 aliphatic rings. The van der Waals surface area contributed by atoms with Crippen molar-refractivity contribution in [3.8, 4) is 0 Å². The van der Waals surface area contributed by atoms with Crippen LogP contribution in [0.1, 0.15) is 11.8 Å². The molecule has 3 aromatic rings. The van der Waals surface area contributed by atoms with Crippen LogP contribution < -0.4 is 11.2 Å². The highest BCUT2D eigenvalue weighted by atomic mass is 16.6. The molecule has 0 spiro atoms. The second kappa shape index (κ2) is 8.19. The first-order valence-electron chi connectivity index (χ1n) is 9.05. The molecule has 14 heteroatoms. The maximum absolute atomic E-state index is 10.9.